The maximum Gasteiger partial charge on any atom is 0.341 e. The fourth-order valence-corrected chi connectivity index (χ4v) is 6.51. The molecule has 0 spiro atoms. The summed E-state index contributed by atoms with van der Waals surface area (Å²) in [5.41, 5.74) is 0.303. The molecular weight excluding hydrogens is 540 g/mol. The van der Waals surface area contributed by atoms with Crippen LogP contribution in [0.5, 0.6) is 0 Å². The Morgan fingerprint density at radius 3 is 2.51 bits per heavy atom. The lowest BCUT2D eigenvalue weighted by molar-refractivity contribution is -0.384. The third-order valence-corrected chi connectivity index (χ3v) is 8.76. The first-order chi connectivity index (χ1) is 17.7. The van der Waals surface area contributed by atoms with Gasteiger partial charge in [-0.25, -0.2) is 4.79 Å². The summed E-state index contributed by atoms with van der Waals surface area (Å²) >= 11 is 8.94. The van der Waals surface area contributed by atoms with E-state index in [0.717, 1.165) is 22.6 Å². The van der Waals surface area contributed by atoms with Crippen molar-refractivity contribution in [3.8, 4) is 0 Å². The molecule has 3 aromatic rings. The summed E-state index contributed by atoms with van der Waals surface area (Å²) in [5, 5.41) is 15.3. The fourth-order valence-electron chi connectivity index (χ4n) is 4.00. The minimum absolute atomic E-state index is 0.0563. The van der Waals surface area contributed by atoms with Gasteiger partial charge in [-0.05, 0) is 25.5 Å². The minimum atomic E-state index is -0.483. The molecule has 1 N–H and O–H groups in total. The van der Waals surface area contributed by atoms with Crippen LogP contribution in [-0.4, -0.2) is 71.8 Å². The van der Waals surface area contributed by atoms with E-state index in [1.165, 1.54) is 23.5 Å². The van der Waals surface area contributed by atoms with Gasteiger partial charge in [-0.1, -0.05) is 18.5 Å². The molecule has 0 aliphatic carbocycles. The van der Waals surface area contributed by atoms with Gasteiger partial charge < -0.3 is 15.0 Å². The normalized spacial score (nSPS) is 14.1. The van der Waals surface area contributed by atoms with Crippen molar-refractivity contribution in [2.45, 2.75) is 20.3 Å². The molecule has 3 heterocycles. The van der Waals surface area contributed by atoms with Crippen LogP contribution in [0, 0.1) is 10.1 Å². The van der Waals surface area contributed by atoms with Crippen molar-refractivity contribution in [3.63, 3.8) is 0 Å². The summed E-state index contributed by atoms with van der Waals surface area (Å²) < 4.78 is 5.69. The highest BCUT2D eigenvalue weighted by atomic mass is 35.5. The number of non-ortho nitro benzene ring substituents is 1. The smallest absolute Gasteiger partial charge is 0.341 e. The molecule has 4 rings (SSSR count). The van der Waals surface area contributed by atoms with Gasteiger partial charge in [-0.2, -0.15) is 0 Å². The zero-order chi connectivity index (χ0) is 26.7. The number of anilines is 1. The number of rotatable bonds is 8. The molecule has 1 aliphatic heterocycles. The largest absolute Gasteiger partial charge is 0.462 e. The summed E-state index contributed by atoms with van der Waals surface area (Å²) in [5.74, 6) is -0.943. The monoisotopic (exact) mass is 564 g/mol. The molecule has 13 heteroatoms. The van der Waals surface area contributed by atoms with Gasteiger partial charge in [0.25, 0.3) is 11.6 Å². The summed E-state index contributed by atoms with van der Waals surface area (Å²) in [6, 6.07) is 6.10. The van der Waals surface area contributed by atoms with Crippen molar-refractivity contribution in [3.05, 3.63) is 54.7 Å². The number of fused-ring (bicyclic) bond motifs is 1. The van der Waals surface area contributed by atoms with Gasteiger partial charge in [0, 0.05) is 53.3 Å². The van der Waals surface area contributed by atoms with Crippen LogP contribution in [0.15, 0.2) is 24.3 Å². The molecule has 10 nitrogen and oxygen atoms in total. The highest BCUT2D eigenvalue weighted by Gasteiger charge is 2.28. The number of nitrogens with zero attached hydrogens (tertiary/aromatic N) is 3. The first-order valence-electron chi connectivity index (χ1n) is 11.7. The van der Waals surface area contributed by atoms with Crippen LogP contribution >= 0.6 is 34.3 Å². The Kier molecular flexibility index (Phi) is 8.42. The number of amides is 2. The highest BCUT2D eigenvalue weighted by Crippen LogP contribution is 2.38. The lowest BCUT2D eigenvalue weighted by Gasteiger charge is -2.34. The van der Waals surface area contributed by atoms with Crippen molar-refractivity contribution in [2.24, 2.45) is 0 Å². The molecule has 0 radical (unpaired) electrons. The van der Waals surface area contributed by atoms with E-state index in [2.05, 4.69) is 5.32 Å². The number of aryl methyl sites for hydroxylation is 1. The molecule has 1 saturated heterocycles. The number of carbonyl (C=O) groups is 3. The quantitative estimate of drug-likeness (QED) is 0.240. The van der Waals surface area contributed by atoms with Crippen molar-refractivity contribution in [1.82, 2.24) is 9.80 Å². The van der Waals surface area contributed by atoms with Gasteiger partial charge in [0.1, 0.15) is 9.88 Å². The van der Waals surface area contributed by atoms with E-state index >= 15 is 0 Å². The second kappa shape index (κ2) is 11.5. The van der Waals surface area contributed by atoms with Gasteiger partial charge in [0.05, 0.1) is 28.7 Å². The Hall–Kier alpha value is -3.06. The van der Waals surface area contributed by atoms with Crippen LogP contribution in [0.1, 0.15) is 38.8 Å². The maximum absolute atomic E-state index is 13.1. The number of thiophene rings is 2. The molecule has 0 unspecified atom stereocenters. The number of nitrogens with one attached hydrogen (secondary N) is 1. The first kappa shape index (κ1) is 27.0. The van der Waals surface area contributed by atoms with E-state index in [1.807, 2.05) is 11.8 Å². The van der Waals surface area contributed by atoms with Crippen LogP contribution in [0.25, 0.3) is 10.1 Å². The van der Waals surface area contributed by atoms with Crippen molar-refractivity contribution in [2.75, 3.05) is 44.6 Å². The molecule has 0 saturated carbocycles. The number of hydrogen-bond acceptors (Lipinski definition) is 9. The second-order valence-corrected chi connectivity index (χ2v) is 10.9. The number of benzene rings is 1. The molecule has 2 amide bonds. The van der Waals surface area contributed by atoms with Crippen molar-refractivity contribution in [1.29, 1.82) is 0 Å². The average Bonchev–Trinajstić information content (AvgIpc) is 3.44. The first-order valence-corrected chi connectivity index (χ1v) is 13.7. The van der Waals surface area contributed by atoms with E-state index in [4.69, 9.17) is 16.3 Å². The van der Waals surface area contributed by atoms with E-state index < -0.39 is 10.9 Å². The van der Waals surface area contributed by atoms with Gasteiger partial charge in [-0.15, -0.1) is 22.7 Å². The zero-order valence-corrected chi connectivity index (χ0v) is 22.6. The van der Waals surface area contributed by atoms with Gasteiger partial charge in [0.15, 0.2) is 0 Å². The van der Waals surface area contributed by atoms with Crippen molar-refractivity contribution < 1.29 is 24.0 Å². The van der Waals surface area contributed by atoms with Crippen LogP contribution < -0.4 is 5.32 Å². The SMILES string of the molecule is CCOC(=O)c1cc(CC)sc1NC(=O)CN1CCN(C(=O)c2sc3cc([N+](=O)[O-])ccc3c2Cl)CC1. The fraction of sp³-hybridized carbons (Fsp3) is 0.375. The average molecular weight is 565 g/mol. The van der Waals surface area contributed by atoms with Gasteiger partial charge in [-0.3, -0.25) is 24.6 Å². The van der Waals surface area contributed by atoms with Gasteiger partial charge in [0.2, 0.25) is 5.91 Å². The van der Waals surface area contributed by atoms with E-state index in [0.29, 0.717) is 56.7 Å². The standard InChI is InChI=1S/C24H25ClN4O6S2/c1-3-15-12-17(24(32)35-4-2)22(36-15)26-19(30)13-27-7-9-28(10-8-27)23(31)21-20(25)16-6-5-14(29(33)34)11-18(16)37-21/h5-6,11-12H,3-4,7-10,13H2,1-2H3,(H,26,30). The Balaban J connectivity index is 1.36. The van der Waals surface area contributed by atoms with Crippen LogP contribution in [0.4, 0.5) is 10.7 Å². The molecule has 1 fully saturated rings. The lowest BCUT2D eigenvalue weighted by Crippen LogP contribution is -2.50. The molecule has 1 aromatic carbocycles. The Bertz CT molecular complexity index is 1360. The Labute approximate surface area is 225 Å². The van der Waals surface area contributed by atoms with Crippen LogP contribution in [0.2, 0.25) is 5.02 Å². The number of piperazine rings is 1. The predicted molar refractivity (Wildman–Crippen MR) is 144 cm³/mol. The summed E-state index contributed by atoms with van der Waals surface area (Å²) in [6.07, 6.45) is 0.740. The van der Waals surface area contributed by atoms with E-state index in [-0.39, 0.29) is 30.7 Å². The molecule has 196 valence electrons. The van der Waals surface area contributed by atoms with Gasteiger partial charge >= 0.3 is 5.97 Å². The molecule has 37 heavy (non-hydrogen) atoms. The minimum Gasteiger partial charge on any atom is -0.462 e. The predicted octanol–water partition coefficient (Wildman–Crippen LogP) is 4.66. The number of halogens is 1. The number of hydrogen-bond donors (Lipinski definition) is 1. The molecular formula is C24H25ClN4O6S2. The number of esters is 1. The number of nitro groups is 1. The zero-order valence-electron chi connectivity index (χ0n) is 20.2. The van der Waals surface area contributed by atoms with E-state index in [1.54, 1.807) is 24.0 Å². The molecule has 2 aromatic heterocycles. The second-order valence-electron chi connectivity index (χ2n) is 8.33. The van der Waals surface area contributed by atoms with Crippen LogP contribution in [0.3, 0.4) is 0 Å². The summed E-state index contributed by atoms with van der Waals surface area (Å²) in [4.78, 5) is 53.6. The molecule has 1 aliphatic rings. The third kappa shape index (κ3) is 5.93. The Morgan fingerprint density at radius 2 is 1.86 bits per heavy atom. The molecule has 0 atom stereocenters. The number of nitro benzene ring substituents is 1. The van der Waals surface area contributed by atoms with Crippen molar-refractivity contribution >= 4 is 72.8 Å². The molecule has 0 bridgehead atoms. The highest BCUT2D eigenvalue weighted by molar-refractivity contribution is 7.21. The Morgan fingerprint density at radius 1 is 1.14 bits per heavy atom. The number of carbonyl (C=O) groups excluding carboxylic acids is 3. The third-order valence-electron chi connectivity index (χ3n) is 5.92. The maximum atomic E-state index is 13.1. The summed E-state index contributed by atoms with van der Waals surface area (Å²) in [6.45, 7) is 5.87. The lowest BCUT2D eigenvalue weighted by atomic mass is 10.2. The summed E-state index contributed by atoms with van der Waals surface area (Å²) in [7, 11) is 0. The van der Waals surface area contributed by atoms with E-state index in [9.17, 15) is 24.5 Å². The van der Waals surface area contributed by atoms with Crippen LogP contribution in [-0.2, 0) is 16.0 Å². The topological polar surface area (TPSA) is 122 Å². The number of ether oxygens (including phenoxy) is 1.